The quantitative estimate of drug-likeness (QED) is 0.170. The highest BCUT2D eigenvalue weighted by molar-refractivity contribution is 7.95. The molecular weight excluding hydrogens is 517 g/mol. The molecule has 5 aromatic rings. The smallest absolute Gasteiger partial charge is 0.144 e. The van der Waals surface area contributed by atoms with E-state index in [1.807, 2.05) is 12.3 Å². The van der Waals surface area contributed by atoms with Crippen LogP contribution < -0.4 is 33.1 Å². The van der Waals surface area contributed by atoms with Crippen LogP contribution in [0.1, 0.15) is 30.5 Å². The Kier molecular flexibility index (Phi) is 10.7. The van der Waals surface area contributed by atoms with Crippen LogP contribution in [-0.4, -0.2) is 11.6 Å². The first-order valence-corrected chi connectivity index (χ1v) is 15.5. The van der Waals surface area contributed by atoms with Crippen molar-refractivity contribution in [1.29, 1.82) is 0 Å². The second-order valence-corrected chi connectivity index (χ2v) is 13.1. The van der Waals surface area contributed by atoms with Crippen LogP contribution in [0, 0.1) is 0 Å². The third kappa shape index (κ3) is 7.15. The van der Waals surface area contributed by atoms with Crippen molar-refractivity contribution >= 4 is 23.2 Å². The molecule has 0 aliphatic rings. The van der Waals surface area contributed by atoms with Crippen LogP contribution in [0.4, 0.5) is 0 Å². The Balaban J connectivity index is 0.00000353. The highest BCUT2D eigenvalue weighted by Gasteiger charge is 2.46. The van der Waals surface area contributed by atoms with Gasteiger partial charge >= 0.3 is 0 Å². The summed E-state index contributed by atoms with van der Waals surface area (Å²) in [6, 6.07) is 47.7. The summed E-state index contributed by atoms with van der Waals surface area (Å²) in [5.74, 6) is 0.905. The molecule has 39 heavy (non-hydrogen) atoms. The van der Waals surface area contributed by atoms with E-state index in [0.717, 1.165) is 36.9 Å². The van der Waals surface area contributed by atoms with Crippen LogP contribution in [0.15, 0.2) is 140 Å². The monoisotopic (exact) mass is 551 g/mol. The highest BCUT2D eigenvalue weighted by atomic mass is 35.5. The molecule has 0 aliphatic carbocycles. The van der Waals surface area contributed by atoms with Crippen molar-refractivity contribution in [3.63, 3.8) is 0 Å². The molecule has 2 nitrogen and oxygen atoms in total. The summed E-state index contributed by atoms with van der Waals surface area (Å²) in [6.45, 7) is 0.709. The van der Waals surface area contributed by atoms with E-state index in [0.29, 0.717) is 6.61 Å². The van der Waals surface area contributed by atoms with Crippen LogP contribution in [0.3, 0.4) is 0 Å². The van der Waals surface area contributed by atoms with Crippen LogP contribution in [0.25, 0.3) is 0 Å². The van der Waals surface area contributed by atoms with E-state index in [1.165, 1.54) is 27.9 Å². The minimum Gasteiger partial charge on any atom is -1.00 e. The Morgan fingerprint density at radius 3 is 1.59 bits per heavy atom. The number of benzene rings is 4. The highest BCUT2D eigenvalue weighted by Crippen LogP contribution is 2.58. The summed E-state index contributed by atoms with van der Waals surface area (Å²) < 4.78 is 6.40. The van der Waals surface area contributed by atoms with Crippen LogP contribution in [0.2, 0.25) is 0 Å². The van der Waals surface area contributed by atoms with Crippen LogP contribution in [0.5, 0.6) is 5.75 Å². The number of pyridine rings is 1. The summed E-state index contributed by atoms with van der Waals surface area (Å²) in [5, 5.41) is 4.07. The zero-order valence-electron chi connectivity index (χ0n) is 22.2. The number of halogens is 1. The molecule has 0 saturated carbocycles. The number of aromatic nitrogens is 1. The molecule has 0 spiro atoms. The van der Waals surface area contributed by atoms with Gasteiger partial charge in [-0.05, 0) is 79.8 Å². The zero-order chi connectivity index (χ0) is 25.9. The summed E-state index contributed by atoms with van der Waals surface area (Å²) >= 11 is 0. The van der Waals surface area contributed by atoms with E-state index in [-0.39, 0.29) is 12.4 Å². The normalized spacial score (nSPS) is 11.0. The van der Waals surface area contributed by atoms with E-state index in [2.05, 4.69) is 127 Å². The van der Waals surface area contributed by atoms with E-state index >= 15 is 0 Å². The lowest BCUT2D eigenvalue weighted by atomic mass is 10.1. The largest absolute Gasteiger partial charge is 1.00 e. The molecule has 0 aliphatic heterocycles. The minimum absolute atomic E-state index is 0. The number of ether oxygens (including phenoxy) is 1. The third-order valence-corrected chi connectivity index (χ3v) is 11.3. The fourth-order valence-electron chi connectivity index (χ4n) is 5.10. The Morgan fingerprint density at radius 2 is 1.05 bits per heavy atom. The number of rotatable bonds is 12. The van der Waals surface area contributed by atoms with Crippen molar-refractivity contribution in [1.82, 2.24) is 4.98 Å². The maximum atomic E-state index is 6.40. The average molecular weight is 552 g/mol. The summed E-state index contributed by atoms with van der Waals surface area (Å²) in [6.07, 6.45) is 7.21. The minimum atomic E-state index is -2.03. The van der Waals surface area contributed by atoms with Gasteiger partial charge in [0.15, 0.2) is 0 Å². The molecule has 0 atom stereocenters. The number of nitrogens with zero attached hydrogens (tertiary/aromatic N) is 1. The molecule has 4 aromatic carbocycles. The number of hydrogen-bond acceptors (Lipinski definition) is 2. The third-order valence-electron chi connectivity index (χ3n) is 7.04. The Bertz CT molecular complexity index is 1290. The first kappa shape index (κ1) is 28.6. The molecule has 1 heterocycles. The molecule has 0 N–H and O–H groups in total. The lowest BCUT2D eigenvalue weighted by molar-refractivity contribution is -0.00000796. The van der Waals surface area contributed by atoms with E-state index in [4.69, 9.17) is 9.72 Å². The SMILES string of the molecule is [Cl-].c1ccc(CCCCCOc2cccnc2C[P+](c2ccccc2)(c2ccccc2)c2ccccc2)cc1. The number of hydrogen-bond donors (Lipinski definition) is 0. The number of unbranched alkanes of at least 4 members (excludes halogenated alkanes) is 2. The predicted octanol–water partition coefficient (Wildman–Crippen LogP) is 4.37. The predicted molar refractivity (Wildman–Crippen MR) is 163 cm³/mol. The molecule has 5 rings (SSSR count). The first-order valence-electron chi connectivity index (χ1n) is 13.5. The lowest BCUT2D eigenvalue weighted by Crippen LogP contribution is -3.00. The molecule has 0 bridgehead atoms. The van der Waals surface area contributed by atoms with Gasteiger partial charge in [0.1, 0.15) is 40.8 Å². The molecule has 0 radical (unpaired) electrons. The van der Waals surface area contributed by atoms with Gasteiger partial charge in [-0.15, -0.1) is 0 Å². The second kappa shape index (κ2) is 14.6. The molecule has 1 aromatic heterocycles. The molecule has 0 unspecified atom stereocenters. The maximum Gasteiger partial charge on any atom is 0.144 e. The van der Waals surface area contributed by atoms with Crippen LogP contribution in [-0.2, 0) is 12.6 Å². The van der Waals surface area contributed by atoms with Gasteiger partial charge in [0.25, 0.3) is 0 Å². The molecule has 198 valence electrons. The van der Waals surface area contributed by atoms with Crippen molar-refractivity contribution in [2.75, 3.05) is 6.61 Å². The second-order valence-electron chi connectivity index (χ2n) is 9.57. The van der Waals surface area contributed by atoms with Gasteiger partial charge in [0, 0.05) is 6.20 Å². The van der Waals surface area contributed by atoms with Gasteiger partial charge in [-0.1, -0.05) is 84.9 Å². The van der Waals surface area contributed by atoms with Gasteiger partial charge in [-0.2, -0.15) is 0 Å². The van der Waals surface area contributed by atoms with E-state index in [1.54, 1.807) is 0 Å². The van der Waals surface area contributed by atoms with Crippen molar-refractivity contribution in [3.8, 4) is 5.75 Å². The Labute approximate surface area is 239 Å². The fraction of sp³-hybridized carbons (Fsp3) is 0.171. The van der Waals surface area contributed by atoms with Gasteiger partial charge < -0.3 is 17.1 Å². The number of aryl methyl sites for hydroxylation is 1. The molecule has 0 amide bonds. The van der Waals surface area contributed by atoms with Crippen molar-refractivity contribution < 1.29 is 17.1 Å². The molecule has 0 fully saturated rings. The van der Waals surface area contributed by atoms with Gasteiger partial charge in [-0.25, -0.2) is 0 Å². The standard InChI is InChI=1S/C35H35NOP.ClH/c1-6-17-30(18-7-1)19-8-5-15-28-37-35-26-16-27-36-34(35)29-38(31-20-9-2-10-21-31,32-22-11-3-12-23-32)33-24-13-4-14-25-33;/h1-4,6-7,9-14,16-18,20-27H,5,8,15,19,28-29H2;1H/q+1;/p-1. The summed E-state index contributed by atoms with van der Waals surface area (Å²) in [7, 11) is -2.03. The fourth-order valence-corrected chi connectivity index (χ4v) is 9.27. The van der Waals surface area contributed by atoms with Crippen molar-refractivity contribution in [2.24, 2.45) is 0 Å². The first-order chi connectivity index (χ1) is 18.9. The van der Waals surface area contributed by atoms with E-state index in [9.17, 15) is 0 Å². The molecular formula is C35H35ClNOP. The Hall–Kier alpha value is -3.45. The average Bonchev–Trinajstić information content (AvgIpc) is 3.00. The topological polar surface area (TPSA) is 22.1 Å². The van der Waals surface area contributed by atoms with Crippen LogP contribution >= 0.6 is 7.26 Å². The summed E-state index contributed by atoms with van der Waals surface area (Å²) in [4.78, 5) is 4.90. The summed E-state index contributed by atoms with van der Waals surface area (Å²) in [5.41, 5.74) is 2.44. The van der Waals surface area contributed by atoms with Gasteiger partial charge in [0.05, 0.1) is 6.61 Å². The lowest BCUT2D eigenvalue weighted by Gasteiger charge is -2.28. The van der Waals surface area contributed by atoms with Gasteiger partial charge in [0.2, 0.25) is 0 Å². The molecule has 0 saturated heterocycles. The van der Waals surface area contributed by atoms with Crippen molar-refractivity contribution in [2.45, 2.75) is 31.8 Å². The zero-order valence-corrected chi connectivity index (χ0v) is 23.9. The molecule has 4 heteroatoms. The van der Waals surface area contributed by atoms with Gasteiger partial charge in [-0.3, -0.25) is 4.98 Å². The Morgan fingerprint density at radius 1 is 0.538 bits per heavy atom. The van der Waals surface area contributed by atoms with E-state index < -0.39 is 7.26 Å². The maximum absolute atomic E-state index is 6.40. The van der Waals surface area contributed by atoms with Crippen molar-refractivity contribution in [3.05, 3.63) is 151 Å².